The van der Waals surface area contributed by atoms with Crippen LogP contribution in [0.1, 0.15) is 12.5 Å². The van der Waals surface area contributed by atoms with Crippen molar-refractivity contribution < 1.29 is 13.2 Å². The Labute approximate surface area is 181 Å². The van der Waals surface area contributed by atoms with Crippen molar-refractivity contribution in [2.45, 2.75) is 13.8 Å². The number of sulfonamides is 1. The van der Waals surface area contributed by atoms with Crippen LogP contribution >= 0.6 is 23.2 Å². The molecule has 2 aromatic carbocycles. The van der Waals surface area contributed by atoms with Crippen molar-refractivity contribution in [1.82, 2.24) is 9.21 Å². The quantitative estimate of drug-likeness (QED) is 0.738. The van der Waals surface area contributed by atoms with Crippen LogP contribution in [0.15, 0.2) is 36.4 Å². The Morgan fingerprint density at radius 1 is 1.10 bits per heavy atom. The average Bonchev–Trinajstić information content (AvgIpc) is 2.72. The zero-order valence-electron chi connectivity index (χ0n) is 16.3. The fraction of sp³-hybridized carbons (Fsp3) is 0.350. The molecule has 0 atom stereocenters. The molecule has 1 saturated heterocycles. The molecule has 1 aliphatic heterocycles. The Balaban J connectivity index is 1.75. The predicted octanol–water partition coefficient (Wildman–Crippen LogP) is 4.47. The van der Waals surface area contributed by atoms with Crippen LogP contribution in [0, 0.1) is 6.92 Å². The largest absolute Gasteiger partial charge is 0.322 e. The molecule has 0 saturated carbocycles. The normalized spacial score (nSPS) is 15.4. The summed E-state index contributed by atoms with van der Waals surface area (Å²) >= 11 is 13.0. The monoisotopic (exact) mass is 455 g/mol. The van der Waals surface area contributed by atoms with E-state index in [2.05, 4.69) is 5.32 Å². The number of benzene rings is 2. The second kappa shape index (κ2) is 8.92. The van der Waals surface area contributed by atoms with E-state index in [1.807, 2.05) is 37.3 Å². The summed E-state index contributed by atoms with van der Waals surface area (Å²) in [5.41, 5.74) is 2.88. The molecule has 3 rings (SSSR count). The maximum atomic E-state index is 12.7. The molecule has 0 spiro atoms. The van der Waals surface area contributed by atoms with E-state index in [1.165, 1.54) is 4.31 Å². The minimum atomic E-state index is -3.24. The SMILES string of the molecule is CCS(=O)(=O)N1CCN(C(=O)Nc2cc(Cl)c(-c3ccccc3)c(Cl)c2C)CC1. The van der Waals surface area contributed by atoms with Crippen LogP contribution in [0.5, 0.6) is 0 Å². The van der Waals surface area contributed by atoms with Gasteiger partial charge in [0.25, 0.3) is 0 Å². The summed E-state index contributed by atoms with van der Waals surface area (Å²) in [6.07, 6.45) is 0. The van der Waals surface area contributed by atoms with Gasteiger partial charge in [-0.1, -0.05) is 53.5 Å². The molecule has 29 heavy (non-hydrogen) atoms. The number of urea groups is 1. The van der Waals surface area contributed by atoms with Crippen molar-refractivity contribution in [2.75, 3.05) is 37.2 Å². The maximum absolute atomic E-state index is 12.7. The number of nitrogens with zero attached hydrogens (tertiary/aromatic N) is 2. The molecule has 0 bridgehead atoms. The van der Waals surface area contributed by atoms with Crippen LogP contribution in [0.25, 0.3) is 11.1 Å². The van der Waals surface area contributed by atoms with Crippen molar-refractivity contribution in [3.63, 3.8) is 0 Å². The number of carbonyl (C=O) groups is 1. The maximum Gasteiger partial charge on any atom is 0.321 e. The molecule has 0 aliphatic carbocycles. The summed E-state index contributed by atoms with van der Waals surface area (Å²) in [5.74, 6) is 0.0587. The minimum absolute atomic E-state index is 0.0587. The lowest BCUT2D eigenvalue weighted by molar-refractivity contribution is 0.184. The van der Waals surface area contributed by atoms with Crippen LogP contribution in [-0.4, -0.2) is 55.6 Å². The van der Waals surface area contributed by atoms with Gasteiger partial charge in [-0.25, -0.2) is 13.2 Å². The molecule has 1 aliphatic rings. The van der Waals surface area contributed by atoms with Gasteiger partial charge in [0.15, 0.2) is 0 Å². The highest BCUT2D eigenvalue weighted by Crippen LogP contribution is 2.40. The number of hydrogen-bond acceptors (Lipinski definition) is 3. The Morgan fingerprint density at radius 3 is 2.31 bits per heavy atom. The first-order valence-electron chi connectivity index (χ1n) is 9.32. The van der Waals surface area contributed by atoms with E-state index >= 15 is 0 Å². The van der Waals surface area contributed by atoms with Crippen molar-refractivity contribution in [2.24, 2.45) is 0 Å². The van der Waals surface area contributed by atoms with Gasteiger partial charge in [-0.05, 0) is 31.0 Å². The molecule has 2 aromatic rings. The molecule has 0 unspecified atom stereocenters. The number of nitrogens with one attached hydrogen (secondary N) is 1. The summed E-state index contributed by atoms with van der Waals surface area (Å²) in [6.45, 7) is 4.67. The van der Waals surface area contributed by atoms with E-state index in [4.69, 9.17) is 23.2 Å². The number of anilines is 1. The molecule has 1 N–H and O–H groups in total. The van der Waals surface area contributed by atoms with Gasteiger partial charge in [0.1, 0.15) is 0 Å². The van der Waals surface area contributed by atoms with Crippen LogP contribution in [0.2, 0.25) is 10.0 Å². The summed E-state index contributed by atoms with van der Waals surface area (Å²) in [4.78, 5) is 14.3. The zero-order valence-corrected chi connectivity index (χ0v) is 18.6. The van der Waals surface area contributed by atoms with Crippen LogP contribution < -0.4 is 5.32 Å². The van der Waals surface area contributed by atoms with Crippen molar-refractivity contribution >= 4 is 44.9 Å². The molecule has 156 valence electrons. The number of carbonyl (C=O) groups excluding carboxylic acids is 1. The van der Waals surface area contributed by atoms with Crippen molar-refractivity contribution in [3.05, 3.63) is 52.0 Å². The molecule has 1 fully saturated rings. The Morgan fingerprint density at radius 2 is 1.72 bits per heavy atom. The molecular formula is C20H23Cl2N3O3S. The van der Waals surface area contributed by atoms with E-state index in [9.17, 15) is 13.2 Å². The highest BCUT2D eigenvalue weighted by molar-refractivity contribution is 7.89. The third-order valence-electron chi connectivity index (χ3n) is 5.05. The standard InChI is InChI=1S/C20H23Cl2N3O3S/c1-3-29(27,28)25-11-9-24(10-12-25)20(26)23-17-13-16(21)18(19(22)14(17)2)15-7-5-4-6-8-15/h4-8,13H,3,9-12H2,1-2H3,(H,23,26). The fourth-order valence-electron chi connectivity index (χ4n) is 3.26. The Hall–Kier alpha value is -1.80. The number of halogens is 2. The van der Waals surface area contributed by atoms with Gasteiger partial charge in [-0.3, -0.25) is 0 Å². The lowest BCUT2D eigenvalue weighted by atomic mass is 10.0. The average molecular weight is 456 g/mol. The van der Waals surface area contributed by atoms with Gasteiger partial charge < -0.3 is 10.2 Å². The summed E-state index contributed by atoms with van der Waals surface area (Å²) < 4.78 is 25.4. The Kier molecular flexibility index (Phi) is 6.73. The van der Waals surface area contributed by atoms with E-state index in [-0.39, 0.29) is 24.9 Å². The lowest BCUT2D eigenvalue weighted by Crippen LogP contribution is -2.51. The van der Waals surface area contributed by atoms with Gasteiger partial charge >= 0.3 is 6.03 Å². The second-order valence-corrected chi connectivity index (χ2v) is 9.85. The summed E-state index contributed by atoms with van der Waals surface area (Å²) in [6, 6.07) is 11.0. The number of piperazine rings is 1. The first-order chi connectivity index (χ1) is 13.7. The molecule has 0 radical (unpaired) electrons. The highest BCUT2D eigenvalue weighted by Gasteiger charge is 2.28. The number of hydrogen-bond donors (Lipinski definition) is 1. The van der Waals surface area contributed by atoms with E-state index < -0.39 is 10.0 Å². The topological polar surface area (TPSA) is 69.7 Å². The molecule has 9 heteroatoms. The fourth-order valence-corrected chi connectivity index (χ4v) is 5.02. The first-order valence-corrected chi connectivity index (χ1v) is 11.7. The summed E-state index contributed by atoms with van der Waals surface area (Å²) in [7, 11) is -3.24. The molecule has 6 nitrogen and oxygen atoms in total. The number of rotatable bonds is 4. The molecular weight excluding hydrogens is 433 g/mol. The smallest absolute Gasteiger partial charge is 0.321 e. The number of amides is 2. The van der Waals surface area contributed by atoms with Crippen LogP contribution in [0.3, 0.4) is 0 Å². The van der Waals surface area contributed by atoms with Gasteiger partial charge in [-0.15, -0.1) is 0 Å². The predicted molar refractivity (Wildman–Crippen MR) is 118 cm³/mol. The second-order valence-electron chi connectivity index (χ2n) is 6.80. The minimum Gasteiger partial charge on any atom is -0.322 e. The highest BCUT2D eigenvalue weighted by atomic mass is 35.5. The van der Waals surface area contributed by atoms with Gasteiger partial charge in [0.2, 0.25) is 10.0 Å². The van der Waals surface area contributed by atoms with Gasteiger partial charge in [-0.2, -0.15) is 4.31 Å². The third-order valence-corrected chi connectivity index (χ3v) is 7.70. The van der Waals surface area contributed by atoms with Crippen molar-refractivity contribution in [1.29, 1.82) is 0 Å². The molecule has 0 aromatic heterocycles. The molecule has 1 heterocycles. The van der Waals surface area contributed by atoms with Crippen LogP contribution in [-0.2, 0) is 10.0 Å². The van der Waals surface area contributed by atoms with Crippen LogP contribution in [0.4, 0.5) is 10.5 Å². The Bertz CT molecular complexity index is 1010. The third kappa shape index (κ3) is 4.69. The molecule has 2 amide bonds. The van der Waals surface area contributed by atoms with Gasteiger partial charge in [0.05, 0.1) is 15.8 Å². The van der Waals surface area contributed by atoms with Gasteiger partial charge in [0, 0.05) is 37.4 Å². The van der Waals surface area contributed by atoms with E-state index in [0.717, 1.165) is 16.7 Å². The van der Waals surface area contributed by atoms with E-state index in [0.29, 0.717) is 28.8 Å². The van der Waals surface area contributed by atoms with E-state index in [1.54, 1.807) is 17.9 Å². The van der Waals surface area contributed by atoms with Crippen molar-refractivity contribution in [3.8, 4) is 11.1 Å². The first kappa shape index (κ1) is 21.9. The summed E-state index contributed by atoms with van der Waals surface area (Å²) in [5, 5.41) is 3.79. The zero-order chi connectivity index (χ0) is 21.2. The lowest BCUT2D eigenvalue weighted by Gasteiger charge is -2.34.